The van der Waals surface area contributed by atoms with Crippen LogP contribution in [-0.4, -0.2) is 0 Å². The van der Waals surface area contributed by atoms with E-state index in [0.717, 1.165) is 48.0 Å². The van der Waals surface area contributed by atoms with E-state index < -0.39 is 11.6 Å². The first-order valence-electron chi connectivity index (χ1n) is 12.5. The Kier molecular flexibility index (Phi) is 7.30. The van der Waals surface area contributed by atoms with Gasteiger partial charge in [0, 0.05) is 0 Å². The molecule has 0 amide bonds. The summed E-state index contributed by atoms with van der Waals surface area (Å²) < 4.78 is 26.7. The van der Waals surface area contributed by atoms with Crippen LogP contribution in [0.4, 0.5) is 8.78 Å². The van der Waals surface area contributed by atoms with E-state index in [-0.39, 0.29) is 0 Å². The summed E-state index contributed by atoms with van der Waals surface area (Å²) >= 11 is 0. The Morgan fingerprint density at radius 2 is 1.17 bits per heavy atom. The third-order valence-electron chi connectivity index (χ3n) is 8.86. The van der Waals surface area contributed by atoms with Gasteiger partial charge in [-0.1, -0.05) is 51.5 Å². The maximum absolute atomic E-state index is 13.5. The van der Waals surface area contributed by atoms with E-state index >= 15 is 0 Å². The van der Waals surface area contributed by atoms with Crippen LogP contribution < -0.4 is 0 Å². The molecular formula is C27H40F2. The first-order chi connectivity index (χ1) is 14.1. The summed E-state index contributed by atoms with van der Waals surface area (Å²) in [6, 6.07) is 4.50. The number of hydrogen-bond acceptors (Lipinski definition) is 0. The van der Waals surface area contributed by atoms with Gasteiger partial charge in [0.05, 0.1) is 0 Å². The first-order valence-corrected chi connectivity index (χ1v) is 12.5. The molecular weight excluding hydrogens is 362 g/mol. The molecule has 0 heterocycles. The monoisotopic (exact) mass is 402 g/mol. The number of benzene rings is 1. The minimum Gasteiger partial charge on any atom is -0.204 e. The van der Waals surface area contributed by atoms with Crippen molar-refractivity contribution in [1.82, 2.24) is 0 Å². The van der Waals surface area contributed by atoms with Crippen LogP contribution in [0.5, 0.6) is 0 Å². The molecule has 1 aromatic rings. The van der Waals surface area contributed by atoms with Crippen LogP contribution in [0, 0.1) is 41.2 Å². The Bertz CT molecular complexity index is 630. The number of halogens is 2. The van der Waals surface area contributed by atoms with Crippen LogP contribution in [0.15, 0.2) is 18.2 Å². The van der Waals surface area contributed by atoms with Gasteiger partial charge in [-0.05, 0) is 105 Å². The lowest BCUT2D eigenvalue weighted by atomic mass is 9.68. The highest BCUT2D eigenvalue weighted by Gasteiger charge is 2.30. The van der Waals surface area contributed by atoms with Gasteiger partial charge in [0.1, 0.15) is 0 Å². The predicted octanol–water partition coefficient (Wildman–Crippen LogP) is 8.65. The van der Waals surface area contributed by atoms with Crippen LogP contribution in [0.2, 0.25) is 0 Å². The first kappa shape index (κ1) is 21.3. The Hall–Kier alpha value is -0.920. The normalized spacial score (nSPS) is 36.1. The quantitative estimate of drug-likeness (QED) is 0.462. The Labute approximate surface area is 176 Å². The fourth-order valence-electron chi connectivity index (χ4n) is 6.73. The minimum atomic E-state index is -0.727. The molecule has 3 aliphatic carbocycles. The SMILES string of the molecule is CC1CCC(C2CCC(CCC3CCC(c4ccc(F)c(F)c4)CC3)CC2)CC1. The zero-order valence-corrected chi connectivity index (χ0v) is 18.4. The molecule has 0 N–H and O–H groups in total. The molecule has 0 saturated heterocycles. The molecule has 0 radical (unpaired) electrons. The van der Waals surface area contributed by atoms with Gasteiger partial charge in [-0.3, -0.25) is 0 Å². The third-order valence-corrected chi connectivity index (χ3v) is 8.86. The molecule has 0 unspecified atom stereocenters. The summed E-state index contributed by atoms with van der Waals surface area (Å²) in [5.41, 5.74) is 0.998. The van der Waals surface area contributed by atoms with Crippen molar-refractivity contribution >= 4 is 0 Å². The average molecular weight is 403 g/mol. The summed E-state index contributed by atoms with van der Waals surface area (Å²) in [7, 11) is 0. The van der Waals surface area contributed by atoms with E-state index in [1.807, 2.05) is 0 Å². The second kappa shape index (κ2) is 9.92. The molecule has 0 aliphatic heterocycles. The van der Waals surface area contributed by atoms with Crippen molar-refractivity contribution in [2.75, 3.05) is 0 Å². The van der Waals surface area contributed by atoms with Gasteiger partial charge in [0.25, 0.3) is 0 Å². The van der Waals surface area contributed by atoms with E-state index in [4.69, 9.17) is 0 Å². The van der Waals surface area contributed by atoms with Crippen LogP contribution in [0.1, 0.15) is 108 Å². The Balaban J connectivity index is 1.14. The van der Waals surface area contributed by atoms with Gasteiger partial charge in [0.15, 0.2) is 11.6 Å². The number of hydrogen-bond donors (Lipinski definition) is 0. The van der Waals surface area contributed by atoms with Crippen LogP contribution in [0.25, 0.3) is 0 Å². The molecule has 0 nitrogen and oxygen atoms in total. The summed E-state index contributed by atoms with van der Waals surface area (Å²) in [6.07, 6.45) is 19.5. The van der Waals surface area contributed by atoms with Crippen molar-refractivity contribution in [3.63, 3.8) is 0 Å². The molecule has 4 rings (SSSR count). The minimum absolute atomic E-state index is 0.426. The fraction of sp³-hybridized carbons (Fsp3) is 0.778. The van der Waals surface area contributed by atoms with Gasteiger partial charge in [-0.25, -0.2) is 8.78 Å². The van der Waals surface area contributed by atoms with Crippen LogP contribution >= 0.6 is 0 Å². The Morgan fingerprint density at radius 1 is 0.655 bits per heavy atom. The van der Waals surface area contributed by atoms with Crippen molar-refractivity contribution in [2.24, 2.45) is 29.6 Å². The molecule has 1 aromatic carbocycles. The maximum atomic E-state index is 13.5. The van der Waals surface area contributed by atoms with Crippen LogP contribution in [-0.2, 0) is 0 Å². The molecule has 0 aromatic heterocycles. The molecule has 3 aliphatic rings. The molecule has 0 spiro atoms. The standard InChI is InChI=1S/C27H40F2/c1-19-2-10-22(11-3-19)23-12-6-20(7-13-23)4-5-21-8-14-24(15-9-21)25-16-17-26(28)27(29)18-25/h16-24H,2-15H2,1H3. The highest BCUT2D eigenvalue weighted by molar-refractivity contribution is 5.22. The zero-order valence-electron chi connectivity index (χ0n) is 18.4. The van der Waals surface area contributed by atoms with E-state index in [9.17, 15) is 8.78 Å². The van der Waals surface area contributed by atoms with Crippen LogP contribution in [0.3, 0.4) is 0 Å². The summed E-state index contributed by atoms with van der Waals surface area (Å²) in [5, 5.41) is 0. The van der Waals surface area contributed by atoms with Gasteiger partial charge >= 0.3 is 0 Å². The van der Waals surface area contributed by atoms with E-state index in [1.54, 1.807) is 6.07 Å². The van der Waals surface area contributed by atoms with Gasteiger partial charge in [0.2, 0.25) is 0 Å². The van der Waals surface area contributed by atoms with Gasteiger partial charge < -0.3 is 0 Å². The lowest BCUT2D eigenvalue weighted by molar-refractivity contribution is 0.143. The maximum Gasteiger partial charge on any atom is 0.159 e. The highest BCUT2D eigenvalue weighted by atomic mass is 19.2. The van der Waals surface area contributed by atoms with Crippen molar-refractivity contribution in [2.45, 2.75) is 103 Å². The highest BCUT2D eigenvalue weighted by Crippen LogP contribution is 2.43. The largest absolute Gasteiger partial charge is 0.204 e. The summed E-state index contributed by atoms with van der Waals surface area (Å²) in [6.45, 7) is 2.43. The van der Waals surface area contributed by atoms with Gasteiger partial charge in [-0.15, -0.1) is 0 Å². The predicted molar refractivity (Wildman–Crippen MR) is 117 cm³/mol. The molecule has 0 bridgehead atoms. The second-order valence-electron chi connectivity index (χ2n) is 10.8. The molecule has 3 fully saturated rings. The molecule has 162 valence electrons. The topological polar surface area (TPSA) is 0 Å². The third kappa shape index (κ3) is 5.61. The second-order valence-corrected chi connectivity index (χ2v) is 10.8. The van der Waals surface area contributed by atoms with Crippen molar-refractivity contribution in [3.8, 4) is 0 Å². The van der Waals surface area contributed by atoms with Crippen molar-refractivity contribution < 1.29 is 8.78 Å². The fourth-order valence-corrected chi connectivity index (χ4v) is 6.73. The van der Waals surface area contributed by atoms with Gasteiger partial charge in [-0.2, -0.15) is 0 Å². The lowest BCUT2D eigenvalue weighted by Gasteiger charge is -2.37. The van der Waals surface area contributed by atoms with Crippen molar-refractivity contribution in [1.29, 1.82) is 0 Å². The van der Waals surface area contributed by atoms with E-state index in [0.29, 0.717) is 5.92 Å². The lowest BCUT2D eigenvalue weighted by Crippen LogP contribution is -2.25. The van der Waals surface area contributed by atoms with E-state index in [1.165, 1.54) is 89.2 Å². The molecule has 3 saturated carbocycles. The molecule has 2 heteroatoms. The van der Waals surface area contributed by atoms with Crippen molar-refractivity contribution in [3.05, 3.63) is 35.4 Å². The number of rotatable bonds is 5. The molecule has 29 heavy (non-hydrogen) atoms. The smallest absolute Gasteiger partial charge is 0.159 e. The van der Waals surface area contributed by atoms with E-state index in [2.05, 4.69) is 6.92 Å². The zero-order chi connectivity index (χ0) is 20.2. The summed E-state index contributed by atoms with van der Waals surface area (Å²) in [5.74, 6) is 3.88. The summed E-state index contributed by atoms with van der Waals surface area (Å²) in [4.78, 5) is 0. The average Bonchev–Trinajstić information content (AvgIpc) is 2.76. The Morgan fingerprint density at radius 3 is 1.72 bits per heavy atom. The molecule has 0 atom stereocenters.